The highest BCUT2D eigenvalue weighted by Gasteiger charge is 2.44. The van der Waals surface area contributed by atoms with Crippen LogP contribution >= 0.6 is 11.8 Å². The minimum Gasteiger partial charge on any atom is -0.495 e. The summed E-state index contributed by atoms with van der Waals surface area (Å²) >= 11 is 1.78. The molecule has 3 aromatic rings. The first-order valence-corrected chi connectivity index (χ1v) is 14.6. The van der Waals surface area contributed by atoms with Crippen LogP contribution in [0.25, 0.3) is 0 Å². The Balaban J connectivity index is 1.01. The minimum absolute atomic E-state index is 0.117. The number of carbonyl (C=O) groups is 1. The van der Waals surface area contributed by atoms with Crippen molar-refractivity contribution in [1.82, 2.24) is 24.8 Å². The van der Waals surface area contributed by atoms with Crippen LogP contribution in [0.15, 0.2) is 65.7 Å². The van der Waals surface area contributed by atoms with Crippen LogP contribution in [0.2, 0.25) is 0 Å². The van der Waals surface area contributed by atoms with Crippen LogP contribution in [-0.2, 0) is 17.1 Å². The van der Waals surface area contributed by atoms with E-state index in [0.717, 1.165) is 81.5 Å². The monoisotopic (exact) mass is 532 g/mol. The number of thioether (sulfide) groups is 1. The highest BCUT2D eigenvalue weighted by molar-refractivity contribution is 7.98. The number of amides is 1. The van der Waals surface area contributed by atoms with E-state index in [4.69, 9.17) is 4.74 Å². The Kier molecular flexibility index (Phi) is 7.56. The molecule has 8 nitrogen and oxygen atoms in total. The first-order chi connectivity index (χ1) is 18.7. The number of carbonyl (C=O) groups excluding carboxylic acids is 1. The first-order valence-electron chi connectivity index (χ1n) is 13.7. The van der Waals surface area contributed by atoms with Crippen LogP contribution in [0.4, 0.5) is 5.69 Å². The number of nitrogens with zero attached hydrogens (tertiary/aromatic N) is 6. The summed E-state index contributed by atoms with van der Waals surface area (Å²) in [5, 5.41) is 8.82. The quantitative estimate of drug-likeness (QED) is 0.411. The van der Waals surface area contributed by atoms with E-state index in [1.807, 2.05) is 28.9 Å². The lowest BCUT2D eigenvalue weighted by Crippen LogP contribution is -2.60. The molecule has 0 aliphatic carbocycles. The van der Waals surface area contributed by atoms with Gasteiger partial charge in [0.1, 0.15) is 5.75 Å². The van der Waals surface area contributed by atoms with Crippen molar-refractivity contribution in [3.63, 3.8) is 0 Å². The van der Waals surface area contributed by atoms with Crippen molar-refractivity contribution in [3.05, 3.63) is 66.5 Å². The molecular formula is C29H36N6O2S. The van der Waals surface area contributed by atoms with Gasteiger partial charge in [-0.3, -0.25) is 14.4 Å². The highest BCUT2D eigenvalue weighted by atomic mass is 32.2. The third-order valence-corrected chi connectivity index (χ3v) is 9.37. The summed E-state index contributed by atoms with van der Waals surface area (Å²) in [6.07, 6.45) is 4.26. The molecule has 1 amide bonds. The van der Waals surface area contributed by atoms with Crippen molar-refractivity contribution in [2.45, 2.75) is 36.1 Å². The molecule has 0 spiro atoms. The van der Waals surface area contributed by atoms with Crippen molar-refractivity contribution < 1.29 is 9.53 Å². The van der Waals surface area contributed by atoms with Crippen LogP contribution in [0.3, 0.4) is 0 Å². The number of fused-ring (bicyclic) bond motifs is 3. The van der Waals surface area contributed by atoms with E-state index in [1.165, 1.54) is 4.90 Å². The fourth-order valence-electron chi connectivity index (χ4n) is 6.28. The molecule has 2 bridgehead atoms. The number of benzene rings is 2. The molecule has 0 saturated carbocycles. The molecule has 5 heterocycles. The maximum Gasteiger partial charge on any atom is 0.227 e. The SMILES string of the molecule is COc1ccccc1N1CCN(C(=O)C2CN3CCC2CC3Cn2cc(CSc3ccccc3)nn2)CC1. The molecular weight excluding hydrogens is 496 g/mol. The van der Waals surface area contributed by atoms with Crippen molar-refractivity contribution in [3.8, 4) is 5.75 Å². The number of aromatic nitrogens is 3. The smallest absolute Gasteiger partial charge is 0.227 e. The number of para-hydroxylation sites is 2. The van der Waals surface area contributed by atoms with Crippen LogP contribution in [0, 0.1) is 11.8 Å². The van der Waals surface area contributed by atoms with Crippen molar-refractivity contribution in [1.29, 1.82) is 0 Å². The number of piperazine rings is 1. The molecule has 4 aliphatic rings. The first kappa shape index (κ1) is 25.2. The minimum atomic E-state index is 0.117. The van der Waals surface area contributed by atoms with Gasteiger partial charge in [0.05, 0.1) is 31.0 Å². The molecule has 9 heteroatoms. The summed E-state index contributed by atoms with van der Waals surface area (Å²) in [4.78, 5) is 21.8. The molecule has 4 saturated heterocycles. The Morgan fingerprint density at radius 3 is 2.58 bits per heavy atom. The van der Waals surface area contributed by atoms with E-state index >= 15 is 0 Å². The number of piperidine rings is 3. The molecule has 2 aromatic carbocycles. The number of hydrogen-bond donors (Lipinski definition) is 0. The number of anilines is 1. The lowest BCUT2D eigenvalue weighted by Gasteiger charge is -2.50. The van der Waals surface area contributed by atoms with Gasteiger partial charge in [-0.05, 0) is 49.6 Å². The van der Waals surface area contributed by atoms with Crippen LogP contribution < -0.4 is 9.64 Å². The Bertz CT molecular complexity index is 1230. The number of rotatable bonds is 8. The van der Waals surface area contributed by atoms with Crippen LogP contribution in [0.5, 0.6) is 5.75 Å². The second kappa shape index (κ2) is 11.4. The molecule has 1 aromatic heterocycles. The molecule has 0 N–H and O–H groups in total. The van der Waals surface area contributed by atoms with Gasteiger partial charge in [0.15, 0.2) is 0 Å². The van der Waals surface area contributed by atoms with E-state index in [1.54, 1.807) is 18.9 Å². The van der Waals surface area contributed by atoms with E-state index in [2.05, 4.69) is 61.5 Å². The van der Waals surface area contributed by atoms with Crippen LogP contribution in [0.1, 0.15) is 18.5 Å². The zero-order chi connectivity index (χ0) is 25.9. The summed E-state index contributed by atoms with van der Waals surface area (Å²) in [6, 6.07) is 19.0. The number of hydrogen-bond acceptors (Lipinski definition) is 7. The topological polar surface area (TPSA) is 66.7 Å². The third-order valence-electron chi connectivity index (χ3n) is 8.33. The average molecular weight is 533 g/mol. The van der Waals surface area contributed by atoms with Crippen molar-refractivity contribution >= 4 is 23.4 Å². The summed E-state index contributed by atoms with van der Waals surface area (Å²) in [6.45, 7) is 6.01. The summed E-state index contributed by atoms with van der Waals surface area (Å²) < 4.78 is 7.55. The summed E-state index contributed by atoms with van der Waals surface area (Å²) in [5.41, 5.74) is 2.12. The molecule has 4 aliphatic heterocycles. The predicted octanol–water partition coefficient (Wildman–Crippen LogP) is 3.64. The fraction of sp³-hybridized carbons (Fsp3) is 0.483. The van der Waals surface area contributed by atoms with E-state index < -0.39 is 0 Å². The van der Waals surface area contributed by atoms with Gasteiger partial charge in [0, 0.05) is 55.6 Å². The second-order valence-corrected chi connectivity index (χ2v) is 11.6. The number of ether oxygens (including phenoxy) is 1. The van der Waals surface area contributed by atoms with Gasteiger partial charge >= 0.3 is 0 Å². The Morgan fingerprint density at radius 2 is 1.82 bits per heavy atom. The van der Waals surface area contributed by atoms with Gasteiger partial charge in [-0.1, -0.05) is 35.5 Å². The van der Waals surface area contributed by atoms with E-state index in [-0.39, 0.29) is 5.92 Å². The second-order valence-electron chi connectivity index (χ2n) is 10.6. The highest BCUT2D eigenvalue weighted by Crippen LogP contribution is 2.38. The maximum absolute atomic E-state index is 13.6. The lowest BCUT2D eigenvalue weighted by atomic mass is 9.75. The molecule has 0 radical (unpaired) electrons. The van der Waals surface area contributed by atoms with Gasteiger partial charge in [0.2, 0.25) is 5.91 Å². The van der Waals surface area contributed by atoms with E-state index in [0.29, 0.717) is 17.9 Å². The zero-order valence-corrected chi connectivity index (χ0v) is 22.8. The van der Waals surface area contributed by atoms with Gasteiger partial charge in [-0.2, -0.15) is 0 Å². The number of methoxy groups -OCH3 is 1. The lowest BCUT2D eigenvalue weighted by molar-refractivity contribution is -0.144. The summed E-state index contributed by atoms with van der Waals surface area (Å²) in [5.74, 6) is 2.64. The molecule has 200 valence electrons. The molecule has 4 unspecified atom stereocenters. The molecule has 4 atom stereocenters. The van der Waals surface area contributed by atoms with Gasteiger partial charge in [0.25, 0.3) is 0 Å². The standard InChI is InChI=1S/C29H36N6O2S/c1-37-28-10-6-5-9-27(28)32-13-15-33(16-14-32)29(36)26-20-34-12-11-22(26)17-24(34)19-35-18-23(30-31-35)21-38-25-7-3-2-4-8-25/h2-10,18,22,24,26H,11-17,19-21H2,1H3. The maximum atomic E-state index is 13.6. The van der Waals surface area contributed by atoms with Crippen LogP contribution in [-0.4, -0.2) is 83.1 Å². The Labute approximate surface area is 228 Å². The Morgan fingerprint density at radius 1 is 1.03 bits per heavy atom. The zero-order valence-electron chi connectivity index (χ0n) is 22.0. The van der Waals surface area contributed by atoms with Crippen molar-refractivity contribution in [2.75, 3.05) is 51.3 Å². The molecule has 7 rings (SSSR count). The Hall–Kier alpha value is -3.04. The third kappa shape index (κ3) is 5.40. The summed E-state index contributed by atoms with van der Waals surface area (Å²) in [7, 11) is 1.71. The molecule has 38 heavy (non-hydrogen) atoms. The largest absolute Gasteiger partial charge is 0.495 e. The van der Waals surface area contributed by atoms with E-state index in [9.17, 15) is 4.79 Å². The van der Waals surface area contributed by atoms with Crippen molar-refractivity contribution in [2.24, 2.45) is 11.8 Å². The van der Waals surface area contributed by atoms with Gasteiger partial charge in [-0.25, -0.2) is 0 Å². The molecule has 4 fully saturated rings. The predicted molar refractivity (Wildman–Crippen MR) is 149 cm³/mol. The fourth-order valence-corrected chi connectivity index (χ4v) is 7.08. The average Bonchev–Trinajstić information content (AvgIpc) is 3.44. The van der Waals surface area contributed by atoms with Gasteiger partial charge < -0.3 is 14.5 Å². The van der Waals surface area contributed by atoms with Gasteiger partial charge in [-0.15, -0.1) is 16.9 Å². The normalized spacial score (nSPS) is 25.0.